The Morgan fingerprint density at radius 2 is 0.628 bits per heavy atom. The van der Waals surface area contributed by atoms with E-state index in [2.05, 4.69) is 32.8 Å². The molecule has 0 aromatic heterocycles. The van der Waals surface area contributed by atoms with Gasteiger partial charge in [0.1, 0.15) is 12.2 Å². The normalized spacial score (nSPS) is 43.8. The van der Waals surface area contributed by atoms with Crippen LogP contribution in [0.1, 0.15) is 120 Å². The second-order valence-electron chi connectivity index (χ2n) is 35.5. The number of carbonyl (C=O) groups is 6. The van der Waals surface area contributed by atoms with Gasteiger partial charge in [0.2, 0.25) is 0 Å². The summed E-state index contributed by atoms with van der Waals surface area (Å²) in [7, 11) is 0. The first-order valence-corrected chi connectivity index (χ1v) is 37.4. The molecule has 0 aromatic rings. The molecular weight excluding hydrogens is 1610 g/mol. The highest BCUT2D eigenvalue weighted by Crippen LogP contribution is 2.87. The average Bonchev–Trinajstić information content (AvgIpc) is 1.48. The number of halogens is 29. The van der Waals surface area contributed by atoms with Crippen molar-refractivity contribution in [2.75, 3.05) is 13.2 Å². The first-order chi connectivity index (χ1) is 51.4. The Balaban J connectivity index is 0.000000135. The lowest BCUT2D eigenvalue weighted by atomic mass is 9.86. The summed E-state index contributed by atoms with van der Waals surface area (Å²) in [4.78, 5) is 75.3. The molecule has 0 saturated heterocycles. The van der Waals surface area contributed by atoms with Gasteiger partial charge in [0, 0.05) is 11.8 Å². The molecule has 0 aliphatic heterocycles. The van der Waals surface area contributed by atoms with Crippen molar-refractivity contribution in [2.24, 2.45) is 176 Å². The lowest BCUT2D eigenvalue weighted by Crippen LogP contribution is -2.59. The van der Waals surface area contributed by atoms with Crippen molar-refractivity contribution < 1.29 is 185 Å². The van der Waals surface area contributed by atoms with Crippen LogP contribution in [0.5, 0.6) is 0 Å². The van der Waals surface area contributed by atoms with Crippen LogP contribution in [-0.2, 0) is 57.2 Å². The summed E-state index contributed by atoms with van der Waals surface area (Å²) in [5.41, 5.74) is -3.51. The number of alkyl halides is 29. The third kappa shape index (κ3) is 11.6. The van der Waals surface area contributed by atoms with Gasteiger partial charge < -0.3 is 28.4 Å². The van der Waals surface area contributed by atoms with Gasteiger partial charge >= 0.3 is 115 Å². The molecule has 32 unspecified atom stereocenters. The fourth-order valence-electron chi connectivity index (χ4n) is 26.6. The number of ether oxygens (including phenoxy) is 6. The zero-order valence-corrected chi connectivity index (χ0v) is 60.7. The van der Waals surface area contributed by atoms with Gasteiger partial charge in [-0.05, 0) is 194 Å². The maximum Gasteiger partial charge on any atom is 0.470 e. The molecule has 0 heterocycles. The maximum absolute atomic E-state index is 13.8. The number of hydrogen-bond donors (Lipinski definition) is 0. The average molecular weight is 1690 g/mol. The molecule has 0 N–H and O–H groups in total. The van der Waals surface area contributed by atoms with Gasteiger partial charge in [0.05, 0.1) is 33.5 Å². The highest BCUT2D eigenvalue weighted by Gasteiger charge is 2.90. The Bertz CT molecular complexity index is 3600. The number of rotatable bonds is 20. The van der Waals surface area contributed by atoms with E-state index in [9.17, 15) is 156 Å². The quantitative estimate of drug-likeness (QED) is 0.0646. The molecule has 20 aliphatic carbocycles. The van der Waals surface area contributed by atoms with Crippen molar-refractivity contribution in [3.8, 4) is 0 Å². The van der Waals surface area contributed by atoms with Gasteiger partial charge in [-0.15, -0.1) is 0 Å². The van der Waals surface area contributed by atoms with Crippen molar-refractivity contribution in [3.63, 3.8) is 0 Å². The Morgan fingerprint density at radius 3 is 0.850 bits per heavy atom. The minimum absolute atomic E-state index is 0.0262. The molecule has 41 heteroatoms. The Labute approximate surface area is 624 Å². The van der Waals surface area contributed by atoms with Crippen LogP contribution in [0.4, 0.5) is 127 Å². The molecule has 0 aromatic carbocycles. The van der Waals surface area contributed by atoms with E-state index in [1.165, 1.54) is 0 Å². The minimum Gasteiger partial charge on any atom is -0.462 e. The second-order valence-corrected chi connectivity index (χ2v) is 35.5. The summed E-state index contributed by atoms with van der Waals surface area (Å²) in [5.74, 6) is -50.2. The van der Waals surface area contributed by atoms with Gasteiger partial charge in [0.15, 0.2) is 13.2 Å². The molecule has 32 atom stereocenters. The van der Waals surface area contributed by atoms with E-state index in [1.807, 2.05) is 27.7 Å². The first-order valence-electron chi connectivity index (χ1n) is 37.4. The molecule has 12 nitrogen and oxygen atoms in total. The van der Waals surface area contributed by atoms with Crippen LogP contribution < -0.4 is 0 Å². The highest BCUT2D eigenvalue weighted by molar-refractivity contribution is 5.87. The zero-order valence-electron chi connectivity index (χ0n) is 60.7. The summed E-state index contributed by atoms with van der Waals surface area (Å²) in [6.07, 6.45) is -34.0. The summed E-state index contributed by atoms with van der Waals surface area (Å²) < 4.78 is 401. The molecule has 642 valence electrons. The van der Waals surface area contributed by atoms with E-state index in [1.54, 1.807) is 13.8 Å². The molecule has 0 spiro atoms. The van der Waals surface area contributed by atoms with Crippen LogP contribution in [0.3, 0.4) is 0 Å². The third-order valence-electron chi connectivity index (χ3n) is 31.5. The lowest BCUT2D eigenvalue weighted by molar-refractivity contribution is -0.418. The van der Waals surface area contributed by atoms with Gasteiger partial charge in [-0.3, -0.25) is 28.8 Å². The van der Waals surface area contributed by atoms with E-state index in [-0.39, 0.29) is 114 Å². The zero-order chi connectivity index (χ0) is 84.6. The molecule has 20 bridgehead atoms. The molecule has 113 heavy (non-hydrogen) atoms. The van der Waals surface area contributed by atoms with E-state index in [0.29, 0.717) is 74.0 Å². The standard InChI is InChI=1S/2C23H26F8O4.C13H13F7O2.C13H14F6O2/c2*1-8-11-6-14-16(8)21(14,9(11)2)19(33)35-15-5-10-3-12(15)13(4-10)17(32)34-7-20(26,27)23(30,31)22(28,29)18(24)25;1-4-6-3-7-8(4)10(7,5(6)2)9(21)22-11(14,12(15,16)17)13(18,19)20;1-4-6-3-7-8(4)11(7,5(6)2)10(20)21-9(12(14,15)16)13(17,18)19/h2*8-16,18H,3-7H2,1-2H3;4-8H,3H2,1-2H3;4-9H,3H2,1-2H3. The molecular formula is C72H79F29O12. The van der Waals surface area contributed by atoms with Crippen molar-refractivity contribution in [3.05, 3.63) is 0 Å². The van der Waals surface area contributed by atoms with Crippen LogP contribution in [0, 0.1) is 176 Å². The van der Waals surface area contributed by atoms with Crippen LogP contribution in [0.2, 0.25) is 0 Å². The van der Waals surface area contributed by atoms with Crippen molar-refractivity contribution >= 4 is 35.8 Å². The maximum atomic E-state index is 13.8. The number of esters is 6. The molecule has 20 rings (SSSR count). The lowest BCUT2D eigenvalue weighted by Gasteiger charge is -2.33. The fourth-order valence-corrected chi connectivity index (χ4v) is 26.6. The van der Waals surface area contributed by atoms with Gasteiger partial charge in [0.25, 0.3) is 6.10 Å². The van der Waals surface area contributed by atoms with Crippen molar-refractivity contribution in [1.82, 2.24) is 0 Å². The van der Waals surface area contributed by atoms with Crippen molar-refractivity contribution in [1.29, 1.82) is 0 Å². The van der Waals surface area contributed by atoms with Crippen LogP contribution >= 0.6 is 0 Å². The first kappa shape index (κ1) is 85.7. The SMILES string of the molecule is CC1C2CC3C1C3(C(=O)OC(C(F)(F)F)C(F)(F)F)C2C.CC1C2CC3C1C3(C(=O)OC(F)(C(F)(F)F)C(F)(F)F)C2C.CC1C2CC3C1C3(C(=O)OC1CC3CC(C(=O)OCC(F)(F)C(F)(F)C(F)(F)C(F)F)C1C3)C2C.CC1C2CC3C1C3(C(=O)OC1CC3CC(C(=O)OCC(F)(F)C(F)(F)C(F)(F)C(F)F)C1C3)C2C. The predicted molar refractivity (Wildman–Crippen MR) is 319 cm³/mol. The Morgan fingerprint density at radius 1 is 0.354 bits per heavy atom. The molecule has 20 fully saturated rings. The predicted octanol–water partition coefficient (Wildman–Crippen LogP) is 17.8. The van der Waals surface area contributed by atoms with Gasteiger partial charge in [-0.25, -0.2) is 17.6 Å². The van der Waals surface area contributed by atoms with Crippen LogP contribution in [-0.4, -0.2) is 146 Å². The number of fused-ring (bicyclic) bond motifs is 4. The molecule has 0 radical (unpaired) electrons. The highest BCUT2D eigenvalue weighted by atomic mass is 19.4. The van der Waals surface area contributed by atoms with E-state index >= 15 is 0 Å². The minimum atomic E-state index is -6.43. The van der Waals surface area contributed by atoms with E-state index in [4.69, 9.17) is 9.47 Å². The van der Waals surface area contributed by atoms with E-state index in [0.717, 1.165) is 12.8 Å². The van der Waals surface area contributed by atoms with Crippen LogP contribution in [0.25, 0.3) is 0 Å². The largest absolute Gasteiger partial charge is 0.470 e. The van der Waals surface area contributed by atoms with Gasteiger partial charge in [-0.2, -0.15) is 110 Å². The summed E-state index contributed by atoms with van der Waals surface area (Å²) in [6.45, 7) is 10.5. The summed E-state index contributed by atoms with van der Waals surface area (Å²) >= 11 is 0. The smallest absolute Gasteiger partial charge is 0.462 e. The summed E-state index contributed by atoms with van der Waals surface area (Å²) in [5, 5.41) is 0. The molecule has 20 aliphatic rings. The fraction of sp³-hybridized carbons (Fsp3) is 0.917. The topological polar surface area (TPSA) is 158 Å². The molecule has 20 saturated carbocycles. The summed E-state index contributed by atoms with van der Waals surface area (Å²) in [6, 6.07) is 0. The monoisotopic (exact) mass is 1690 g/mol. The third-order valence-corrected chi connectivity index (χ3v) is 31.5. The number of hydrogen-bond acceptors (Lipinski definition) is 12. The Hall–Kier alpha value is -5.21. The van der Waals surface area contributed by atoms with E-state index < -0.39 is 186 Å². The van der Waals surface area contributed by atoms with Crippen molar-refractivity contribution in [2.45, 2.75) is 217 Å². The van der Waals surface area contributed by atoms with Gasteiger partial charge in [-0.1, -0.05) is 55.4 Å². The molecule has 0 amide bonds. The number of carbonyl (C=O) groups excluding carboxylic acids is 6. The van der Waals surface area contributed by atoms with Crippen LogP contribution in [0.15, 0.2) is 0 Å². The second kappa shape index (κ2) is 26.1. The Kier molecular flexibility index (Phi) is 19.8.